The summed E-state index contributed by atoms with van der Waals surface area (Å²) in [6.45, 7) is 5.43. The first-order valence-electron chi connectivity index (χ1n) is 5.11. The SMILES string of the molecule is CC(C)OC(=O)NCCCCN(C)C. The fourth-order valence-electron chi connectivity index (χ4n) is 0.999. The van der Waals surface area contributed by atoms with E-state index in [-0.39, 0.29) is 12.2 Å². The van der Waals surface area contributed by atoms with Crippen molar-refractivity contribution >= 4 is 6.09 Å². The molecule has 0 unspecified atom stereocenters. The van der Waals surface area contributed by atoms with Gasteiger partial charge in [0.05, 0.1) is 6.10 Å². The van der Waals surface area contributed by atoms with Crippen LogP contribution in [-0.4, -0.2) is 44.3 Å². The van der Waals surface area contributed by atoms with Gasteiger partial charge in [-0.05, 0) is 47.3 Å². The molecule has 0 aliphatic rings. The predicted octanol–water partition coefficient (Wildman–Crippen LogP) is 1.46. The zero-order valence-electron chi connectivity index (χ0n) is 9.67. The van der Waals surface area contributed by atoms with E-state index in [0.29, 0.717) is 6.54 Å². The molecule has 84 valence electrons. The van der Waals surface area contributed by atoms with Crippen molar-refractivity contribution in [2.45, 2.75) is 32.8 Å². The molecular weight excluding hydrogens is 180 g/mol. The second-order valence-corrected chi connectivity index (χ2v) is 3.89. The number of rotatable bonds is 6. The van der Waals surface area contributed by atoms with Gasteiger partial charge in [0.15, 0.2) is 0 Å². The molecule has 0 spiro atoms. The number of carbonyl (C=O) groups is 1. The van der Waals surface area contributed by atoms with E-state index in [1.807, 2.05) is 27.9 Å². The van der Waals surface area contributed by atoms with Crippen LogP contribution in [0, 0.1) is 0 Å². The molecule has 4 heteroatoms. The monoisotopic (exact) mass is 202 g/mol. The predicted molar refractivity (Wildman–Crippen MR) is 57.4 cm³/mol. The molecule has 1 N–H and O–H groups in total. The molecule has 0 aromatic heterocycles. The van der Waals surface area contributed by atoms with Crippen LogP contribution in [0.5, 0.6) is 0 Å². The van der Waals surface area contributed by atoms with Crippen molar-refractivity contribution in [1.82, 2.24) is 10.2 Å². The lowest BCUT2D eigenvalue weighted by Crippen LogP contribution is -2.28. The highest BCUT2D eigenvalue weighted by molar-refractivity contribution is 5.67. The van der Waals surface area contributed by atoms with Crippen molar-refractivity contribution in [2.24, 2.45) is 0 Å². The summed E-state index contributed by atoms with van der Waals surface area (Å²) in [5, 5.41) is 2.71. The maximum Gasteiger partial charge on any atom is 0.407 e. The van der Waals surface area contributed by atoms with Crippen LogP contribution in [0.4, 0.5) is 4.79 Å². The molecule has 0 fully saturated rings. The van der Waals surface area contributed by atoms with Crippen LogP contribution in [0.2, 0.25) is 0 Å². The van der Waals surface area contributed by atoms with E-state index >= 15 is 0 Å². The number of amides is 1. The minimum absolute atomic E-state index is 0.0447. The lowest BCUT2D eigenvalue weighted by atomic mass is 10.3. The summed E-state index contributed by atoms with van der Waals surface area (Å²) in [7, 11) is 4.08. The molecule has 0 aromatic rings. The summed E-state index contributed by atoms with van der Waals surface area (Å²) in [5.41, 5.74) is 0. The Balaban J connectivity index is 3.23. The van der Waals surface area contributed by atoms with Gasteiger partial charge in [0, 0.05) is 6.54 Å². The Kier molecular flexibility index (Phi) is 7.20. The average Bonchev–Trinajstić information content (AvgIpc) is 2.01. The number of hydrogen-bond acceptors (Lipinski definition) is 3. The Labute approximate surface area is 86.6 Å². The minimum atomic E-state index is -0.315. The van der Waals surface area contributed by atoms with Crippen LogP contribution in [0.25, 0.3) is 0 Å². The summed E-state index contributed by atoms with van der Waals surface area (Å²) in [6.07, 6.45) is 1.72. The minimum Gasteiger partial charge on any atom is -0.447 e. The first-order chi connectivity index (χ1) is 6.52. The van der Waals surface area contributed by atoms with Gasteiger partial charge in [0.25, 0.3) is 0 Å². The number of hydrogen-bond donors (Lipinski definition) is 1. The van der Waals surface area contributed by atoms with Crippen molar-refractivity contribution in [3.8, 4) is 0 Å². The van der Waals surface area contributed by atoms with E-state index in [1.165, 1.54) is 0 Å². The zero-order valence-corrected chi connectivity index (χ0v) is 9.67. The standard InChI is InChI=1S/C10H22N2O2/c1-9(2)14-10(13)11-7-5-6-8-12(3)4/h9H,5-8H2,1-4H3,(H,11,13). The van der Waals surface area contributed by atoms with Crippen LogP contribution in [-0.2, 0) is 4.74 Å². The number of unbranched alkanes of at least 4 members (excludes halogenated alkanes) is 1. The van der Waals surface area contributed by atoms with Crippen LogP contribution in [0.15, 0.2) is 0 Å². The zero-order chi connectivity index (χ0) is 11.0. The summed E-state index contributed by atoms with van der Waals surface area (Å²) in [5.74, 6) is 0. The largest absolute Gasteiger partial charge is 0.447 e. The first-order valence-corrected chi connectivity index (χ1v) is 5.11. The van der Waals surface area contributed by atoms with Crippen molar-refractivity contribution in [3.63, 3.8) is 0 Å². The van der Waals surface area contributed by atoms with Gasteiger partial charge in [-0.15, -0.1) is 0 Å². The third-order valence-corrected chi connectivity index (χ3v) is 1.64. The maximum absolute atomic E-state index is 11.0. The smallest absolute Gasteiger partial charge is 0.407 e. The summed E-state index contributed by atoms with van der Waals surface area (Å²) < 4.78 is 4.92. The van der Waals surface area contributed by atoms with Gasteiger partial charge >= 0.3 is 6.09 Å². The Morgan fingerprint density at radius 1 is 1.36 bits per heavy atom. The molecule has 0 rings (SSSR count). The fraction of sp³-hybridized carbons (Fsp3) is 0.900. The van der Waals surface area contributed by atoms with E-state index in [1.54, 1.807) is 0 Å². The van der Waals surface area contributed by atoms with Gasteiger partial charge in [-0.1, -0.05) is 0 Å². The molecule has 0 aliphatic heterocycles. The Morgan fingerprint density at radius 2 is 2.00 bits per heavy atom. The topological polar surface area (TPSA) is 41.6 Å². The Bertz CT molecular complexity index is 158. The van der Waals surface area contributed by atoms with Crippen LogP contribution in [0.3, 0.4) is 0 Å². The lowest BCUT2D eigenvalue weighted by Gasteiger charge is -2.10. The van der Waals surface area contributed by atoms with Crippen molar-refractivity contribution in [3.05, 3.63) is 0 Å². The van der Waals surface area contributed by atoms with Gasteiger partial charge in [0.2, 0.25) is 0 Å². The molecule has 0 atom stereocenters. The van der Waals surface area contributed by atoms with E-state index in [4.69, 9.17) is 4.74 Å². The van der Waals surface area contributed by atoms with Gasteiger partial charge in [-0.25, -0.2) is 4.79 Å². The van der Waals surface area contributed by atoms with Crippen LogP contribution >= 0.6 is 0 Å². The van der Waals surface area contributed by atoms with Gasteiger partial charge in [0.1, 0.15) is 0 Å². The number of ether oxygens (including phenoxy) is 1. The molecule has 0 saturated carbocycles. The molecule has 0 aromatic carbocycles. The molecule has 4 nitrogen and oxygen atoms in total. The van der Waals surface area contributed by atoms with Crippen molar-refractivity contribution in [1.29, 1.82) is 0 Å². The normalized spacial score (nSPS) is 10.7. The number of alkyl carbamates (subject to hydrolysis) is 1. The maximum atomic E-state index is 11.0. The molecule has 0 radical (unpaired) electrons. The first kappa shape index (κ1) is 13.2. The Hall–Kier alpha value is -0.770. The molecular formula is C10H22N2O2. The quantitative estimate of drug-likeness (QED) is 0.663. The second-order valence-electron chi connectivity index (χ2n) is 3.89. The fourth-order valence-corrected chi connectivity index (χ4v) is 0.999. The van der Waals surface area contributed by atoms with Gasteiger partial charge in [-0.2, -0.15) is 0 Å². The molecule has 0 saturated heterocycles. The molecule has 0 bridgehead atoms. The van der Waals surface area contributed by atoms with Crippen LogP contribution in [0.1, 0.15) is 26.7 Å². The van der Waals surface area contributed by atoms with E-state index in [9.17, 15) is 4.79 Å². The lowest BCUT2D eigenvalue weighted by molar-refractivity contribution is 0.115. The van der Waals surface area contributed by atoms with Crippen LogP contribution < -0.4 is 5.32 Å². The highest BCUT2D eigenvalue weighted by Crippen LogP contribution is 1.91. The second kappa shape index (κ2) is 7.62. The molecule has 1 amide bonds. The van der Waals surface area contributed by atoms with Gasteiger partial charge in [-0.3, -0.25) is 0 Å². The van der Waals surface area contributed by atoms with E-state index < -0.39 is 0 Å². The van der Waals surface area contributed by atoms with E-state index in [2.05, 4.69) is 10.2 Å². The highest BCUT2D eigenvalue weighted by Gasteiger charge is 2.02. The average molecular weight is 202 g/mol. The van der Waals surface area contributed by atoms with Gasteiger partial charge < -0.3 is 15.0 Å². The third-order valence-electron chi connectivity index (χ3n) is 1.64. The van der Waals surface area contributed by atoms with Crippen molar-refractivity contribution < 1.29 is 9.53 Å². The molecule has 0 heterocycles. The summed E-state index contributed by atoms with van der Waals surface area (Å²) >= 11 is 0. The third kappa shape index (κ3) is 9.32. The van der Waals surface area contributed by atoms with E-state index in [0.717, 1.165) is 19.4 Å². The molecule has 14 heavy (non-hydrogen) atoms. The molecule has 0 aliphatic carbocycles. The summed E-state index contributed by atoms with van der Waals surface area (Å²) in [4.78, 5) is 13.1. The summed E-state index contributed by atoms with van der Waals surface area (Å²) in [6, 6.07) is 0. The number of nitrogens with one attached hydrogen (secondary N) is 1. The number of carbonyl (C=O) groups excluding carboxylic acids is 1. The van der Waals surface area contributed by atoms with Crippen molar-refractivity contribution in [2.75, 3.05) is 27.2 Å². The number of nitrogens with zero attached hydrogens (tertiary/aromatic N) is 1. The Morgan fingerprint density at radius 3 is 2.50 bits per heavy atom. The highest BCUT2D eigenvalue weighted by atomic mass is 16.6.